The van der Waals surface area contributed by atoms with E-state index in [1.165, 1.54) is 6.20 Å². The lowest BCUT2D eigenvalue weighted by atomic mass is 9.97. The van der Waals surface area contributed by atoms with Gasteiger partial charge in [0.25, 0.3) is 0 Å². The van der Waals surface area contributed by atoms with E-state index in [1.807, 2.05) is 42.6 Å². The zero-order valence-electron chi connectivity index (χ0n) is 13.0. The van der Waals surface area contributed by atoms with Crippen molar-refractivity contribution in [2.45, 2.75) is 0 Å². The molecule has 0 unspecified atom stereocenters. The fraction of sp³-hybridized carbons (Fsp3) is 0. The summed E-state index contributed by atoms with van der Waals surface area (Å²) in [6, 6.07) is 17.1. The molecule has 3 nitrogen and oxygen atoms in total. The molecule has 5 heteroatoms. The lowest BCUT2D eigenvalue weighted by molar-refractivity contribution is 0.103. The summed E-state index contributed by atoms with van der Waals surface area (Å²) in [5.41, 5.74) is 4.22. The lowest BCUT2D eigenvalue weighted by Gasteiger charge is -2.08. The summed E-state index contributed by atoms with van der Waals surface area (Å²) in [7, 11) is 0. The van der Waals surface area contributed by atoms with Crippen LogP contribution >= 0.6 is 27.5 Å². The quantitative estimate of drug-likeness (QED) is 0.338. The number of H-pyrrole nitrogens is 1. The summed E-state index contributed by atoms with van der Waals surface area (Å²) in [5, 5.41) is 1.42. The van der Waals surface area contributed by atoms with Crippen LogP contribution in [-0.4, -0.2) is 15.8 Å². The molecule has 0 amide bonds. The van der Waals surface area contributed by atoms with E-state index in [0.717, 1.165) is 26.5 Å². The van der Waals surface area contributed by atoms with E-state index in [9.17, 15) is 4.79 Å². The van der Waals surface area contributed by atoms with Crippen LogP contribution in [-0.2, 0) is 0 Å². The summed E-state index contributed by atoms with van der Waals surface area (Å²) >= 11 is 9.43. The Bertz CT molecular complexity index is 1100. The van der Waals surface area contributed by atoms with Crippen molar-refractivity contribution in [3.05, 3.63) is 87.7 Å². The van der Waals surface area contributed by atoms with Crippen LogP contribution in [0.25, 0.3) is 22.0 Å². The van der Waals surface area contributed by atoms with Gasteiger partial charge in [-0.2, -0.15) is 0 Å². The second-order valence-corrected chi connectivity index (χ2v) is 6.97. The van der Waals surface area contributed by atoms with Crippen LogP contribution in [0, 0.1) is 0 Å². The summed E-state index contributed by atoms with van der Waals surface area (Å²) in [4.78, 5) is 20.0. The number of fused-ring (bicyclic) bond motifs is 1. The predicted octanol–water partition coefficient (Wildman–Crippen LogP) is 5.88. The van der Waals surface area contributed by atoms with Gasteiger partial charge < -0.3 is 4.98 Å². The number of halogens is 2. The number of benzene rings is 2. The van der Waals surface area contributed by atoms with Crippen LogP contribution in [0.2, 0.25) is 5.15 Å². The van der Waals surface area contributed by atoms with Gasteiger partial charge in [0.05, 0.1) is 0 Å². The van der Waals surface area contributed by atoms with Gasteiger partial charge in [-0.3, -0.25) is 4.79 Å². The van der Waals surface area contributed by atoms with Crippen molar-refractivity contribution in [3.63, 3.8) is 0 Å². The third kappa shape index (κ3) is 3.11. The number of hydrogen-bond acceptors (Lipinski definition) is 2. The molecule has 0 aliphatic carbocycles. The highest BCUT2D eigenvalue weighted by Gasteiger charge is 2.13. The maximum atomic E-state index is 12.8. The monoisotopic (exact) mass is 410 g/mol. The molecule has 2 aromatic carbocycles. The van der Waals surface area contributed by atoms with Crippen molar-refractivity contribution in [1.82, 2.24) is 9.97 Å². The molecule has 2 heterocycles. The van der Waals surface area contributed by atoms with Gasteiger partial charge in [0, 0.05) is 38.9 Å². The molecule has 4 aromatic rings. The number of rotatable bonds is 3. The highest BCUT2D eigenvalue weighted by Crippen LogP contribution is 2.31. The number of ketones is 1. The van der Waals surface area contributed by atoms with Crippen molar-refractivity contribution in [1.29, 1.82) is 0 Å². The minimum absolute atomic E-state index is 0.0897. The Labute approximate surface area is 157 Å². The van der Waals surface area contributed by atoms with Gasteiger partial charge in [-0.15, -0.1) is 0 Å². The zero-order valence-corrected chi connectivity index (χ0v) is 15.3. The van der Waals surface area contributed by atoms with E-state index in [0.29, 0.717) is 16.3 Å². The van der Waals surface area contributed by atoms with Crippen LogP contribution in [0.15, 0.2) is 71.5 Å². The predicted molar refractivity (Wildman–Crippen MR) is 104 cm³/mol. The van der Waals surface area contributed by atoms with Gasteiger partial charge in [-0.25, -0.2) is 4.98 Å². The molecule has 0 saturated carbocycles. The van der Waals surface area contributed by atoms with Crippen LogP contribution in [0.1, 0.15) is 15.9 Å². The first-order valence-electron chi connectivity index (χ1n) is 7.65. The van der Waals surface area contributed by atoms with Crippen molar-refractivity contribution < 1.29 is 4.79 Å². The molecule has 1 N–H and O–H groups in total. The minimum atomic E-state index is -0.0897. The highest BCUT2D eigenvalue weighted by atomic mass is 79.9. The molecule has 2 aromatic heterocycles. The van der Waals surface area contributed by atoms with E-state index < -0.39 is 0 Å². The van der Waals surface area contributed by atoms with Gasteiger partial charge >= 0.3 is 0 Å². The molecule has 0 fully saturated rings. The Morgan fingerprint density at radius 2 is 1.92 bits per heavy atom. The van der Waals surface area contributed by atoms with Gasteiger partial charge in [-0.1, -0.05) is 39.7 Å². The Balaban J connectivity index is 1.84. The largest absolute Gasteiger partial charge is 0.361 e. The van der Waals surface area contributed by atoms with E-state index in [1.54, 1.807) is 12.1 Å². The lowest BCUT2D eigenvalue weighted by Crippen LogP contribution is -2.02. The molecule has 0 radical (unpaired) electrons. The number of pyridine rings is 1. The van der Waals surface area contributed by atoms with Gasteiger partial charge in [0.1, 0.15) is 5.15 Å². The summed E-state index contributed by atoms with van der Waals surface area (Å²) in [6.45, 7) is 0. The molecule has 0 atom stereocenters. The third-order valence-corrected chi connectivity index (χ3v) is 4.72. The topological polar surface area (TPSA) is 45.8 Å². The Hall–Kier alpha value is -2.43. The number of hydrogen-bond donors (Lipinski definition) is 1. The van der Waals surface area contributed by atoms with Crippen LogP contribution in [0.5, 0.6) is 0 Å². The zero-order chi connectivity index (χ0) is 17.4. The Morgan fingerprint density at radius 3 is 2.76 bits per heavy atom. The standard InChI is InChI=1S/C20H12BrClN2O/c21-15-9-13(16-2-1-3-18-17(16)5-7-23-18)8-14(10-15)20(25)12-4-6-24-19(22)11-12/h1-11,23H. The normalized spacial score (nSPS) is 11.0. The van der Waals surface area contributed by atoms with E-state index in [4.69, 9.17) is 11.6 Å². The minimum Gasteiger partial charge on any atom is -0.361 e. The Kier molecular flexibility index (Phi) is 4.15. The third-order valence-electron chi connectivity index (χ3n) is 4.05. The molecule has 0 saturated heterocycles. The molecule has 0 aliphatic heterocycles. The first kappa shape index (κ1) is 16.1. The first-order valence-corrected chi connectivity index (χ1v) is 8.82. The molecule has 122 valence electrons. The molecule has 0 bridgehead atoms. The molecular formula is C20H12BrClN2O. The van der Waals surface area contributed by atoms with Crippen molar-refractivity contribution in [3.8, 4) is 11.1 Å². The van der Waals surface area contributed by atoms with Crippen LogP contribution in [0.3, 0.4) is 0 Å². The van der Waals surface area contributed by atoms with E-state index in [-0.39, 0.29) is 5.78 Å². The summed E-state index contributed by atoms with van der Waals surface area (Å²) in [5.74, 6) is -0.0897. The first-order chi connectivity index (χ1) is 12.1. The fourth-order valence-electron chi connectivity index (χ4n) is 2.92. The molecule has 0 aliphatic rings. The highest BCUT2D eigenvalue weighted by molar-refractivity contribution is 9.10. The van der Waals surface area contributed by atoms with Crippen LogP contribution < -0.4 is 0 Å². The van der Waals surface area contributed by atoms with Gasteiger partial charge in [-0.05, 0) is 53.6 Å². The summed E-state index contributed by atoms with van der Waals surface area (Å²) in [6.07, 6.45) is 3.45. The molecule has 25 heavy (non-hydrogen) atoms. The van der Waals surface area contributed by atoms with E-state index in [2.05, 4.69) is 32.0 Å². The number of nitrogens with zero attached hydrogens (tertiary/aromatic N) is 1. The number of carbonyl (C=O) groups is 1. The smallest absolute Gasteiger partial charge is 0.193 e. The van der Waals surface area contributed by atoms with Crippen molar-refractivity contribution in [2.24, 2.45) is 0 Å². The molecule has 4 rings (SSSR count). The number of nitrogens with one attached hydrogen (secondary N) is 1. The van der Waals surface area contributed by atoms with Crippen molar-refractivity contribution in [2.75, 3.05) is 0 Å². The number of aromatic amines is 1. The van der Waals surface area contributed by atoms with E-state index >= 15 is 0 Å². The average Bonchev–Trinajstić information content (AvgIpc) is 3.09. The van der Waals surface area contributed by atoms with Gasteiger partial charge in [0.15, 0.2) is 5.78 Å². The Morgan fingerprint density at radius 1 is 1.04 bits per heavy atom. The maximum absolute atomic E-state index is 12.8. The molecular weight excluding hydrogens is 400 g/mol. The SMILES string of the molecule is O=C(c1cc(Br)cc(-c2cccc3[nH]ccc23)c1)c1ccnc(Cl)c1. The maximum Gasteiger partial charge on any atom is 0.193 e. The second-order valence-electron chi connectivity index (χ2n) is 5.67. The van der Waals surface area contributed by atoms with Gasteiger partial charge in [0.2, 0.25) is 0 Å². The molecule has 0 spiro atoms. The fourth-order valence-corrected chi connectivity index (χ4v) is 3.59. The number of carbonyl (C=O) groups excluding carboxylic acids is 1. The van der Waals surface area contributed by atoms with Crippen LogP contribution in [0.4, 0.5) is 0 Å². The number of aromatic nitrogens is 2. The summed E-state index contributed by atoms with van der Waals surface area (Å²) < 4.78 is 0.848. The second kappa shape index (κ2) is 6.47. The average molecular weight is 412 g/mol. The van der Waals surface area contributed by atoms with Crippen molar-refractivity contribution >= 4 is 44.2 Å².